The molecule has 310 valence electrons. The van der Waals surface area contributed by atoms with Gasteiger partial charge in [0.1, 0.15) is 23.6 Å². The minimum Gasteiger partial charge on any atom is -0.547 e. The smallest absolute Gasteiger partial charge is 0.547 e. The van der Waals surface area contributed by atoms with Crippen LogP contribution in [0.2, 0.25) is 10.0 Å². The van der Waals surface area contributed by atoms with E-state index in [9.17, 15) is 50.4 Å². The zero-order chi connectivity index (χ0) is 44.1. The van der Waals surface area contributed by atoms with Crippen molar-refractivity contribution in [3.05, 3.63) is 115 Å². The minimum atomic E-state index is -1.59. The Balaban J connectivity index is 0.00000422. The summed E-state index contributed by atoms with van der Waals surface area (Å²) in [6.45, 7) is 10.4. The Kier molecular flexibility index (Phi) is 16.1. The average molecular weight is 898 g/mol. The maximum Gasteiger partial charge on any atom is 1.00 e. The van der Waals surface area contributed by atoms with E-state index in [1.807, 2.05) is 0 Å². The number of nitrogens with zero attached hydrogens (tertiary/aromatic N) is 2. The number of carbonyl (C=O) groups excluding carboxylic acids is 2. The second-order valence-electron chi connectivity index (χ2n) is 15.1. The molecule has 6 N–H and O–H groups in total. The number of hydrogen-bond donors (Lipinski definition) is 6. The van der Waals surface area contributed by atoms with Crippen molar-refractivity contribution in [2.45, 2.75) is 65.5 Å². The summed E-state index contributed by atoms with van der Waals surface area (Å²) in [6, 6.07) is 11.8. The molecular formula is C46H40Cl2N2Na2O10. The topological polar surface area (TPSA) is 226 Å². The van der Waals surface area contributed by atoms with E-state index in [0.29, 0.717) is 31.9 Å². The molecule has 0 amide bonds. The van der Waals surface area contributed by atoms with Crippen molar-refractivity contribution in [2.24, 2.45) is 9.98 Å². The third-order valence-electron chi connectivity index (χ3n) is 10.5. The molecule has 0 heterocycles. The molecule has 16 heteroatoms. The largest absolute Gasteiger partial charge is 1.00 e. The molecule has 0 saturated heterocycles. The van der Waals surface area contributed by atoms with Gasteiger partial charge in [0.05, 0.1) is 11.9 Å². The predicted molar refractivity (Wildman–Crippen MR) is 228 cm³/mol. The molecule has 0 aliphatic heterocycles. The van der Waals surface area contributed by atoms with E-state index in [1.54, 1.807) is 53.7 Å². The average Bonchev–Trinajstić information content (AvgIpc) is 3.16. The summed E-state index contributed by atoms with van der Waals surface area (Å²) in [6.07, 6.45) is 2.03. The van der Waals surface area contributed by atoms with Crippen LogP contribution in [0.15, 0.2) is 70.6 Å². The van der Waals surface area contributed by atoms with Gasteiger partial charge >= 0.3 is 59.1 Å². The molecule has 6 aromatic rings. The van der Waals surface area contributed by atoms with Crippen LogP contribution in [-0.4, -0.2) is 55.0 Å². The Morgan fingerprint density at radius 2 is 0.855 bits per heavy atom. The molecule has 62 heavy (non-hydrogen) atoms. The Morgan fingerprint density at radius 1 is 0.548 bits per heavy atom. The van der Waals surface area contributed by atoms with Gasteiger partial charge in [-0.1, -0.05) is 87.3 Å². The number of carbonyl (C=O) groups is 2. The Morgan fingerprint density at radius 3 is 1.13 bits per heavy atom. The van der Waals surface area contributed by atoms with Crippen LogP contribution in [0.1, 0.15) is 96.1 Å². The molecule has 2 unspecified atom stereocenters. The fourth-order valence-corrected chi connectivity index (χ4v) is 8.03. The van der Waals surface area contributed by atoms with E-state index in [-0.39, 0.29) is 114 Å². The monoisotopic (exact) mass is 896 g/mol. The summed E-state index contributed by atoms with van der Waals surface area (Å²) < 4.78 is 0. The summed E-state index contributed by atoms with van der Waals surface area (Å²) in [5, 5.41) is 96.3. The number of aryl methyl sites for hydroxylation is 2. The molecule has 0 radical (unpaired) electrons. The van der Waals surface area contributed by atoms with Crippen LogP contribution in [-0.2, 0) is 9.59 Å². The molecule has 12 nitrogen and oxygen atoms in total. The van der Waals surface area contributed by atoms with Crippen molar-refractivity contribution < 1.29 is 110 Å². The van der Waals surface area contributed by atoms with Gasteiger partial charge in [-0.2, -0.15) is 0 Å². The molecule has 0 saturated carbocycles. The number of halogens is 2. The van der Waals surface area contributed by atoms with Crippen molar-refractivity contribution >= 4 is 69.1 Å². The van der Waals surface area contributed by atoms with E-state index in [4.69, 9.17) is 23.2 Å². The first-order chi connectivity index (χ1) is 28.3. The number of carboxylic acid groups (broad SMARTS) is 2. The first-order valence-electron chi connectivity index (χ1n) is 18.7. The number of rotatable bonds is 11. The molecule has 0 aromatic heterocycles. The molecule has 0 aliphatic rings. The summed E-state index contributed by atoms with van der Waals surface area (Å²) in [5.74, 6) is -7.36. The van der Waals surface area contributed by atoms with Gasteiger partial charge in [0.15, 0.2) is 23.0 Å². The zero-order valence-electron chi connectivity index (χ0n) is 35.2. The fraction of sp³-hybridized carbons (Fsp3) is 0.217. The van der Waals surface area contributed by atoms with Gasteiger partial charge in [0, 0.05) is 66.6 Å². The third kappa shape index (κ3) is 9.25. The van der Waals surface area contributed by atoms with E-state index in [1.165, 1.54) is 48.5 Å². The Labute approximate surface area is 411 Å². The number of aliphatic carboxylic acids is 2. The second-order valence-corrected chi connectivity index (χ2v) is 16.0. The molecule has 0 aliphatic carbocycles. The summed E-state index contributed by atoms with van der Waals surface area (Å²) >= 11 is 12.0. The van der Waals surface area contributed by atoms with Crippen LogP contribution in [0.25, 0.3) is 32.7 Å². The molecule has 2 atom stereocenters. The second kappa shape index (κ2) is 19.9. The van der Waals surface area contributed by atoms with Crippen molar-refractivity contribution in [1.29, 1.82) is 0 Å². The maximum atomic E-state index is 12.4. The van der Waals surface area contributed by atoms with Gasteiger partial charge in [-0.25, -0.2) is 0 Å². The molecular weight excluding hydrogens is 857 g/mol. The standard InChI is InChI=1S/C46H42Cl2N2O10.2Na/c1-19(2)31-27-15-21(5)33(41(53)35(27)29(39(51)43(31)55)17-49-37(45(57)58)23-7-11-25(47)12-8-23)34-22(6)16-28-32(20(3)4)44(56)40(52)30(36(28)42(34)54)18-50-38(46(59)60)24-9-13-26(48)14-10-24;;/h7-20,37-38,51-56H,1-6H3,(H,57,58)(H,59,60);;/q;2*+1/p-2. The van der Waals surface area contributed by atoms with E-state index >= 15 is 0 Å². The number of aliphatic imine (C=N–C) groups is 2. The van der Waals surface area contributed by atoms with Gasteiger partial charge in [-0.3, -0.25) is 9.98 Å². The number of fused-ring (bicyclic) bond motifs is 2. The Hall–Kier alpha value is -4.50. The third-order valence-corrected chi connectivity index (χ3v) is 11.0. The number of phenolic OH excluding ortho intramolecular Hbond substituents is 6. The maximum absolute atomic E-state index is 12.4. The van der Waals surface area contributed by atoms with Gasteiger partial charge in [0.25, 0.3) is 0 Å². The van der Waals surface area contributed by atoms with Crippen LogP contribution in [0, 0.1) is 13.8 Å². The minimum absolute atomic E-state index is 0. The fourth-order valence-electron chi connectivity index (χ4n) is 7.78. The quantitative estimate of drug-likeness (QED) is 0.0629. The van der Waals surface area contributed by atoms with Crippen LogP contribution in [0.3, 0.4) is 0 Å². The van der Waals surface area contributed by atoms with Gasteiger partial charge in [-0.05, 0) is 83.0 Å². The van der Waals surface area contributed by atoms with Crippen LogP contribution in [0.4, 0.5) is 0 Å². The molecule has 0 spiro atoms. The molecule has 0 bridgehead atoms. The van der Waals surface area contributed by atoms with Gasteiger partial charge in [-0.15, -0.1) is 0 Å². The molecule has 6 aromatic carbocycles. The van der Waals surface area contributed by atoms with Crippen LogP contribution in [0.5, 0.6) is 34.5 Å². The summed E-state index contributed by atoms with van der Waals surface area (Å²) in [7, 11) is 0. The number of phenols is 6. The predicted octanol–water partition coefficient (Wildman–Crippen LogP) is 1.89. The molecule has 6 rings (SSSR count). The van der Waals surface area contributed by atoms with Crippen molar-refractivity contribution in [2.75, 3.05) is 0 Å². The number of benzene rings is 6. The van der Waals surface area contributed by atoms with Gasteiger partial charge in [0.2, 0.25) is 0 Å². The molecule has 0 fully saturated rings. The van der Waals surface area contributed by atoms with Crippen molar-refractivity contribution in [3.8, 4) is 45.6 Å². The Bertz CT molecular complexity index is 2600. The van der Waals surface area contributed by atoms with Crippen molar-refractivity contribution in [3.63, 3.8) is 0 Å². The summed E-state index contributed by atoms with van der Waals surface area (Å²) in [5.41, 5.74) is 1.35. The number of carboxylic acids is 2. The number of aromatic hydroxyl groups is 6. The van der Waals surface area contributed by atoms with E-state index in [0.717, 1.165) is 12.4 Å². The summed E-state index contributed by atoms with van der Waals surface area (Å²) in [4.78, 5) is 33.0. The normalized spacial score (nSPS) is 12.6. The van der Waals surface area contributed by atoms with Crippen LogP contribution >= 0.6 is 23.2 Å². The van der Waals surface area contributed by atoms with E-state index in [2.05, 4.69) is 9.98 Å². The van der Waals surface area contributed by atoms with Crippen LogP contribution < -0.4 is 69.3 Å². The van der Waals surface area contributed by atoms with Crippen molar-refractivity contribution in [1.82, 2.24) is 0 Å². The van der Waals surface area contributed by atoms with E-state index < -0.39 is 70.4 Å². The SMILES string of the molecule is Cc1cc2c(C(C)C)c(O)c(O)c(C=NC(C(=O)[O-])c3ccc(Cl)cc3)c2c(O)c1-c1c(C)cc2c(C(C)C)c(O)c(O)c(C=NC(C(=O)[O-])c3ccc(Cl)cc3)c2c1O.[Na+].[Na+]. The first kappa shape index (κ1) is 50.1. The zero-order valence-corrected chi connectivity index (χ0v) is 40.7. The number of hydrogen-bond acceptors (Lipinski definition) is 12. The first-order valence-corrected chi connectivity index (χ1v) is 19.5. The van der Waals surface area contributed by atoms with Gasteiger partial charge < -0.3 is 50.4 Å².